The van der Waals surface area contributed by atoms with Gasteiger partial charge in [0.25, 0.3) is 0 Å². The first-order valence-electron chi connectivity index (χ1n) is 14.7. The van der Waals surface area contributed by atoms with Gasteiger partial charge >= 0.3 is 59.1 Å². The molecule has 0 N–H and O–H groups in total. The summed E-state index contributed by atoms with van der Waals surface area (Å²) in [6, 6.07) is 0. The van der Waals surface area contributed by atoms with Gasteiger partial charge in [0, 0.05) is 37.9 Å². The topological polar surface area (TPSA) is 151 Å². The number of ether oxygens (including phenoxy) is 4. The molecule has 0 aliphatic heterocycles. The number of unbranched alkanes of at least 4 members (excludes halogenated alkanes) is 10. The summed E-state index contributed by atoms with van der Waals surface area (Å²) in [4.78, 5) is 0. The molecule has 0 saturated carbocycles. The number of rotatable bonds is 30. The Morgan fingerprint density at radius 2 is 0.732 bits per heavy atom. The second-order valence-electron chi connectivity index (χ2n) is 10.5. The van der Waals surface area contributed by atoms with Gasteiger partial charge in [-0.25, -0.2) is 16.8 Å². The molecule has 0 aliphatic rings. The van der Waals surface area contributed by atoms with E-state index in [2.05, 4.69) is 13.8 Å². The van der Waals surface area contributed by atoms with Crippen molar-refractivity contribution in [2.45, 2.75) is 104 Å². The van der Waals surface area contributed by atoms with Crippen molar-refractivity contribution in [2.75, 3.05) is 64.4 Å². The summed E-state index contributed by atoms with van der Waals surface area (Å²) < 4.78 is 89.0. The Hall–Kier alpha value is 1.66. The van der Waals surface area contributed by atoms with Crippen LogP contribution in [0.1, 0.15) is 104 Å². The van der Waals surface area contributed by atoms with E-state index < -0.39 is 37.2 Å². The van der Waals surface area contributed by atoms with Crippen LogP contribution in [0.3, 0.4) is 0 Å². The molecule has 0 atom stereocenters. The van der Waals surface area contributed by atoms with Crippen molar-refractivity contribution in [3.63, 3.8) is 0 Å². The smallest absolute Gasteiger partial charge is 0.748 e. The van der Waals surface area contributed by atoms with Crippen molar-refractivity contribution < 1.29 is 104 Å². The van der Waals surface area contributed by atoms with Crippen LogP contribution in [0.2, 0.25) is 0 Å². The fraction of sp³-hybridized carbons (Fsp3) is 1.00. The zero-order valence-corrected chi connectivity index (χ0v) is 32.0. The third kappa shape index (κ3) is 34.4. The minimum Gasteiger partial charge on any atom is -0.748 e. The average Bonchev–Trinajstić information content (AvgIpc) is 2.85. The van der Waals surface area contributed by atoms with Gasteiger partial charge in [-0.15, -0.1) is 0 Å². The third-order valence-corrected chi connectivity index (χ3v) is 7.86. The van der Waals surface area contributed by atoms with Gasteiger partial charge in [0.1, 0.15) is 0 Å². The van der Waals surface area contributed by atoms with E-state index in [4.69, 9.17) is 18.9 Å². The maximum absolute atomic E-state index is 10.9. The second-order valence-corrected chi connectivity index (χ2v) is 13.5. The van der Waals surface area contributed by atoms with Crippen LogP contribution in [0.15, 0.2) is 0 Å². The van der Waals surface area contributed by atoms with Crippen molar-refractivity contribution in [2.24, 2.45) is 5.41 Å². The van der Waals surface area contributed by atoms with Gasteiger partial charge in [-0.2, -0.15) is 0 Å². The molecule has 0 aliphatic carbocycles. The summed E-state index contributed by atoms with van der Waals surface area (Å²) in [6.45, 7) is 6.61. The summed E-state index contributed by atoms with van der Waals surface area (Å²) in [5.74, 6) is -0.994. The monoisotopic (exact) mass is 648 g/mol. The van der Waals surface area contributed by atoms with Gasteiger partial charge in [-0.3, -0.25) is 0 Å². The molecule has 0 bridgehead atoms. The summed E-state index contributed by atoms with van der Waals surface area (Å²) in [5, 5.41) is 0. The molecule has 0 heterocycles. The first-order valence-corrected chi connectivity index (χ1v) is 17.9. The van der Waals surface area contributed by atoms with Crippen molar-refractivity contribution in [3.8, 4) is 0 Å². The Balaban J connectivity index is -0.00000722. The summed E-state index contributed by atoms with van der Waals surface area (Å²) in [6.07, 6.45) is 13.8. The SMILES string of the molecule is CCCCCCCCOCC(COCCCCCCCC)(COCCCS(=O)(=O)[O-])COCCCS(=O)(=O)[O-].[Na+].[Na+]. The third-order valence-electron chi connectivity index (χ3n) is 6.28. The fourth-order valence-electron chi connectivity index (χ4n) is 4.05. The minimum atomic E-state index is -4.31. The zero-order chi connectivity index (χ0) is 29.3. The molecular formula is C27H54Na2O10S2. The van der Waals surface area contributed by atoms with Crippen LogP contribution < -0.4 is 59.1 Å². The molecule has 41 heavy (non-hydrogen) atoms. The van der Waals surface area contributed by atoms with Gasteiger partial charge in [0.15, 0.2) is 0 Å². The Labute approximate surface area is 295 Å². The van der Waals surface area contributed by atoms with Crippen LogP contribution in [-0.2, 0) is 39.2 Å². The molecule has 10 nitrogen and oxygen atoms in total. The molecular weight excluding hydrogens is 594 g/mol. The largest absolute Gasteiger partial charge is 1.00 e. The van der Waals surface area contributed by atoms with Crippen LogP contribution >= 0.6 is 0 Å². The Morgan fingerprint density at radius 1 is 0.463 bits per heavy atom. The van der Waals surface area contributed by atoms with Crippen LogP contribution in [0.5, 0.6) is 0 Å². The van der Waals surface area contributed by atoms with Crippen LogP contribution in [-0.4, -0.2) is 90.3 Å². The van der Waals surface area contributed by atoms with Crippen molar-refractivity contribution in [1.82, 2.24) is 0 Å². The maximum Gasteiger partial charge on any atom is 1.00 e. The standard InChI is InChI=1S/C27H56O10S2.2Na/c1-3-5-7-9-11-13-17-34-23-27(25-36-19-15-21-38(28,29)30,26-37-20-16-22-39(31,32)33)24-35-18-14-12-10-8-6-4-2;;/h3-26H2,1-2H3,(H,28,29,30)(H,31,32,33);;/q;2*+1/p-2. The van der Waals surface area contributed by atoms with E-state index in [-0.39, 0.29) is 112 Å². The molecule has 0 saturated heterocycles. The minimum absolute atomic E-state index is 0. The Kier molecular flexibility index (Phi) is 34.8. The normalized spacial score (nSPS) is 12.2. The molecule has 0 aromatic carbocycles. The first kappa shape index (κ1) is 47.1. The molecule has 236 valence electrons. The molecule has 14 heteroatoms. The molecule has 0 unspecified atom stereocenters. The fourth-order valence-corrected chi connectivity index (χ4v) is 4.99. The second kappa shape index (κ2) is 30.3. The number of hydrogen-bond donors (Lipinski definition) is 0. The van der Waals surface area contributed by atoms with Gasteiger partial charge in [0.2, 0.25) is 0 Å². The van der Waals surface area contributed by atoms with E-state index >= 15 is 0 Å². The molecule has 0 amide bonds. The maximum atomic E-state index is 10.9. The van der Waals surface area contributed by atoms with Crippen molar-refractivity contribution >= 4 is 20.2 Å². The average molecular weight is 649 g/mol. The Bertz CT molecular complexity index is 704. The van der Waals surface area contributed by atoms with E-state index in [0.717, 1.165) is 25.7 Å². The molecule has 0 radical (unpaired) electrons. The molecule has 0 spiro atoms. The van der Waals surface area contributed by atoms with Crippen molar-refractivity contribution in [1.29, 1.82) is 0 Å². The molecule has 0 rings (SSSR count). The van der Waals surface area contributed by atoms with Crippen molar-refractivity contribution in [3.05, 3.63) is 0 Å². The van der Waals surface area contributed by atoms with Gasteiger partial charge in [-0.1, -0.05) is 78.1 Å². The zero-order valence-electron chi connectivity index (χ0n) is 26.4. The first-order chi connectivity index (χ1) is 18.5. The van der Waals surface area contributed by atoms with Crippen LogP contribution in [0.4, 0.5) is 0 Å². The van der Waals surface area contributed by atoms with E-state index in [1.807, 2.05) is 0 Å². The summed E-state index contributed by atoms with van der Waals surface area (Å²) >= 11 is 0. The molecule has 0 aromatic rings. The quantitative estimate of drug-likeness (QED) is 0.0519. The van der Waals surface area contributed by atoms with E-state index in [1.165, 1.54) is 51.4 Å². The predicted octanol–water partition coefficient (Wildman–Crippen LogP) is -1.36. The van der Waals surface area contributed by atoms with E-state index in [9.17, 15) is 25.9 Å². The molecule has 0 aromatic heterocycles. The Morgan fingerprint density at radius 3 is 1.02 bits per heavy atom. The van der Waals surface area contributed by atoms with Gasteiger partial charge < -0.3 is 28.1 Å². The van der Waals surface area contributed by atoms with Crippen LogP contribution in [0.25, 0.3) is 0 Å². The molecule has 0 fully saturated rings. The van der Waals surface area contributed by atoms with E-state index in [0.29, 0.717) is 13.2 Å². The van der Waals surface area contributed by atoms with E-state index in [1.54, 1.807) is 0 Å². The van der Waals surface area contributed by atoms with Gasteiger partial charge in [-0.05, 0) is 25.7 Å². The van der Waals surface area contributed by atoms with Gasteiger partial charge in [0.05, 0.1) is 52.1 Å². The predicted molar refractivity (Wildman–Crippen MR) is 151 cm³/mol. The summed E-state index contributed by atoms with van der Waals surface area (Å²) in [7, 11) is -8.62. The number of hydrogen-bond acceptors (Lipinski definition) is 10. The summed E-state index contributed by atoms with van der Waals surface area (Å²) in [5.41, 5.74) is -0.697. The van der Waals surface area contributed by atoms with Crippen LogP contribution in [0, 0.1) is 5.41 Å².